The molecule has 116 valence electrons. The van der Waals surface area contributed by atoms with Gasteiger partial charge in [-0.25, -0.2) is 0 Å². The van der Waals surface area contributed by atoms with Crippen molar-refractivity contribution in [3.8, 4) is 0 Å². The molecule has 1 aliphatic heterocycles. The molecule has 6 heteroatoms. The van der Waals surface area contributed by atoms with E-state index in [0.717, 1.165) is 26.2 Å². The number of nitrogens with two attached hydrogens (primary N) is 1. The van der Waals surface area contributed by atoms with Crippen molar-refractivity contribution < 1.29 is 4.79 Å². The van der Waals surface area contributed by atoms with E-state index in [1.165, 1.54) is 0 Å². The average Bonchev–Trinajstić information content (AvgIpc) is 2.44. The van der Waals surface area contributed by atoms with Crippen LogP contribution in [0.2, 0.25) is 5.02 Å². The summed E-state index contributed by atoms with van der Waals surface area (Å²) in [5.74, 6) is 0.251. The molecule has 4 N–H and O–H groups in total. The summed E-state index contributed by atoms with van der Waals surface area (Å²) in [5, 5.41) is 6.75. The summed E-state index contributed by atoms with van der Waals surface area (Å²) in [6, 6.07) is 5.02. The van der Waals surface area contributed by atoms with E-state index < -0.39 is 0 Å². The van der Waals surface area contributed by atoms with Gasteiger partial charge in [-0.2, -0.15) is 0 Å². The first kappa shape index (κ1) is 16.1. The second kappa shape index (κ2) is 7.11. The lowest BCUT2D eigenvalue weighted by atomic mass is 10.0. The number of anilines is 2. The number of carbonyl (C=O) groups excluding carboxylic acids is 1. The van der Waals surface area contributed by atoms with E-state index in [1.807, 2.05) is 0 Å². The molecule has 1 aliphatic rings. The van der Waals surface area contributed by atoms with Gasteiger partial charge in [-0.3, -0.25) is 9.69 Å². The quantitative estimate of drug-likeness (QED) is 0.742. The lowest BCUT2D eigenvalue weighted by Crippen LogP contribution is -2.54. The van der Waals surface area contributed by atoms with Crippen LogP contribution in [0.5, 0.6) is 0 Å². The number of nitrogens with zero attached hydrogens (tertiary/aromatic N) is 1. The van der Waals surface area contributed by atoms with Crippen molar-refractivity contribution in [3.63, 3.8) is 0 Å². The van der Waals surface area contributed by atoms with Gasteiger partial charge in [0.15, 0.2) is 0 Å². The lowest BCUT2D eigenvalue weighted by molar-refractivity contribution is -0.123. The Kier molecular flexibility index (Phi) is 5.45. The molecule has 2 rings (SSSR count). The highest BCUT2D eigenvalue weighted by Crippen LogP contribution is 2.23. The third kappa shape index (κ3) is 4.09. The topological polar surface area (TPSA) is 70.4 Å². The zero-order valence-electron chi connectivity index (χ0n) is 12.5. The van der Waals surface area contributed by atoms with Crippen molar-refractivity contribution in [2.24, 2.45) is 5.92 Å². The smallest absolute Gasteiger partial charge is 0.241 e. The van der Waals surface area contributed by atoms with E-state index in [-0.39, 0.29) is 17.9 Å². The molecule has 1 unspecified atom stereocenters. The fourth-order valence-corrected chi connectivity index (χ4v) is 2.81. The summed E-state index contributed by atoms with van der Waals surface area (Å²) < 4.78 is 0. The van der Waals surface area contributed by atoms with Crippen LogP contribution in [0.25, 0.3) is 0 Å². The van der Waals surface area contributed by atoms with Gasteiger partial charge >= 0.3 is 0 Å². The molecule has 5 nitrogen and oxygen atoms in total. The monoisotopic (exact) mass is 310 g/mol. The number of halogens is 1. The number of carbonyl (C=O) groups is 1. The number of nitrogens with one attached hydrogen (secondary N) is 2. The first-order chi connectivity index (χ1) is 9.99. The first-order valence-corrected chi connectivity index (χ1v) is 7.67. The van der Waals surface area contributed by atoms with E-state index in [4.69, 9.17) is 17.3 Å². The number of nitrogen functional groups attached to an aromatic ring is 1. The number of piperazine rings is 1. The van der Waals surface area contributed by atoms with Crippen molar-refractivity contribution in [2.45, 2.75) is 19.9 Å². The van der Waals surface area contributed by atoms with E-state index >= 15 is 0 Å². The maximum atomic E-state index is 12.6. The first-order valence-electron chi connectivity index (χ1n) is 7.29. The molecule has 1 fully saturated rings. The standard InChI is InChI=1S/C15H23ClN4O/c1-10(2)14(20-7-5-18-6-8-20)15(21)19-11-3-4-12(16)13(17)9-11/h3-4,9-10,14,18H,5-8,17H2,1-2H3,(H,19,21). The third-order valence-electron chi connectivity index (χ3n) is 3.71. The summed E-state index contributed by atoms with van der Waals surface area (Å²) in [5.41, 5.74) is 6.93. The largest absolute Gasteiger partial charge is 0.397 e. The molecule has 0 aromatic heterocycles. The maximum absolute atomic E-state index is 12.6. The number of benzene rings is 1. The molecule has 1 saturated heterocycles. The normalized spacial score (nSPS) is 17.7. The van der Waals surface area contributed by atoms with Crippen molar-refractivity contribution in [1.29, 1.82) is 0 Å². The van der Waals surface area contributed by atoms with Crippen LogP contribution in [0.15, 0.2) is 18.2 Å². The SMILES string of the molecule is CC(C)C(C(=O)Nc1ccc(Cl)c(N)c1)N1CCNCC1. The van der Waals surface area contributed by atoms with Gasteiger partial charge in [0.05, 0.1) is 16.8 Å². The Labute approximate surface area is 130 Å². The molecule has 0 aliphatic carbocycles. The average molecular weight is 311 g/mol. The van der Waals surface area contributed by atoms with Crippen molar-refractivity contribution in [3.05, 3.63) is 23.2 Å². The van der Waals surface area contributed by atoms with Crippen molar-refractivity contribution >= 4 is 28.9 Å². The Bertz CT molecular complexity index is 500. The fourth-order valence-electron chi connectivity index (χ4n) is 2.69. The van der Waals surface area contributed by atoms with E-state index in [2.05, 4.69) is 29.4 Å². The lowest BCUT2D eigenvalue weighted by Gasteiger charge is -2.36. The molecule has 1 amide bonds. The molecule has 0 radical (unpaired) electrons. The molecule has 21 heavy (non-hydrogen) atoms. The predicted molar refractivity (Wildman–Crippen MR) is 87.6 cm³/mol. The van der Waals surface area contributed by atoms with Crippen LogP contribution >= 0.6 is 11.6 Å². The van der Waals surface area contributed by atoms with Gasteiger partial charge in [-0.1, -0.05) is 25.4 Å². The molecular formula is C15H23ClN4O. The Morgan fingerprint density at radius 1 is 1.38 bits per heavy atom. The number of rotatable bonds is 4. The second-order valence-electron chi connectivity index (χ2n) is 5.70. The van der Waals surface area contributed by atoms with Gasteiger partial charge in [-0.05, 0) is 24.1 Å². The van der Waals surface area contributed by atoms with Crippen molar-refractivity contribution in [1.82, 2.24) is 10.2 Å². The zero-order chi connectivity index (χ0) is 15.4. The molecule has 1 aromatic carbocycles. The maximum Gasteiger partial charge on any atom is 0.241 e. The van der Waals surface area contributed by atoms with Crippen LogP contribution in [-0.2, 0) is 4.79 Å². The fraction of sp³-hybridized carbons (Fsp3) is 0.533. The number of amides is 1. The Balaban J connectivity index is 2.09. The number of hydrogen-bond donors (Lipinski definition) is 3. The van der Waals surface area contributed by atoms with E-state index in [9.17, 15) is 4.79 Å². The second-order valence-corrected chi connectivity index (χ2v) is 6.11. The third-order valence-corrected chi connectivity index (χ3v) is 4.05. The molecule has 1 atom stereocenters. The summed E-state index contributed by atoms with van der Waals surface area (Å²) in [4.78, 5) is 14.8. The molecule has 1 aromatic rings. The van der Waals surface area contributed by atoms with Crippen LogP contribution in [0, 0.1) is 5.92 Å². The van der Waals surface area contributed by atoms with Crippen LogP contribution < -0.4 is 16.4 Å². The molecule has 0 spiro atoms. The number of hydrogen-bond acceptors (Lipinski definition) is 4. The Hall–Kier alpha value is -1.30. The highest BCUT2D eigenvalue weighted by molar-refractivity contribution is 6.33. The van der Waals surface area contributed by atoms with Crippen LogP contribution in [0.4, 0.5) is 11.4 Å². The van der Waals surface area contributed by atoms with Gasteiger partial charge in [0, 0.05) is 31.9 Å². The van der Waals surface area contributed by atoms with E-state index in [0.29, 0.717) is 16.4 Å². The highest BCUT2D eigenvalue weighted by atomic mass is 35.5. The van der Waals surface area contributed by atoms with Gasteiger partial charge in [-0.15, -0.1) is 0 Å². The highest BCUT2D eigenvalue weighted by Gasteiger charge is 2.29. The van der Waals surface area contributed by atoms with Gasteiger partial charge in [0.2, 0.25) is 5.91 Å². The minimum atomic E-state index is -0.135. The molecule has 1 heterocycles. The zero-order valence-corrected chi connectivity index (χ0v) is 13.3. The van der Waals surface area contributed by atoms with Crippen LogP contribution in [-0.4, -0.2) is 43.0 Å². The van der Waals surface area contributed by atoms with Crippen LogP contribution in [0.1, 0.15) is 13.8 Å². The van der Waals surface area contributed by atoms with Gasteiger partial charge < -0.3 is 16.4 Å². The minimum Gasteiger partial charge on any atom is -0.397 e. The summed E-state index contributed by atoms with van der Waals surface area (Å²) in [6.07, 6.45) is 0. The summed E-state index contributed by atoms with van der Waals surface area (Å²) in [7, 11) is 0. The van der Waals surface area contributed by atoms with Crippen LogP contribution in [0.3, 0.4) is 0 Å². The van der Waals surface area contributed by atoms with E-state index in [1.54, 1.807) is 18.2 Å². The minimum absolute atomic E-state index is 0.00798. The Morgan fingerprint density at radius 2 is 2.05 bits per heavy atom. The molecule has 0 bridgehead atoms. The predicted octanol–water partition coefficient (Wildman–Crippen LogP) is 1.79. The van der Waals surface area contributed by atoms with Gasteiger partial charge in [0.1, 0.15) is 0 Å². The summed E-state index contributed by atoms with van der Waals surface area (Å²) in [6.45, 7) is 7.76. The Morgan fingerprint density at radius 3 is 2.62 bits per heavy atom. The molecule has 0 saturated carbocycles. The van der Waals surface area contributed by atoms with Crippen molar-refractivity contribution in [2.75, 3.05) is 37.2 Å². The molecular weight excluding hydrogens is 288 g/mol. The summed E-state index contributed by atoms with van der Waals surface area (Å²) >= 11 is 5.90. The van der Waals surface area contributed by atoms with Gasteiger partial charge in [0.25, 0.3) is 0 Å².